The van der Waals surface area contributed by atoms with Gasteiger partial charge in [-0.2, -0.15) is 0 Å². The van der Waals surface area contributed by atoms with Gasteiger partial charge < -0.3 is 9.88 Å². The number of carbonyl (C=O) groups is 1. The zero-order chi connectivity index (χ0) is 14.1. The number of carbonyl (C=O) groups excluding carboxylic acids is 1. The minimum atomic E-state index is -0.308. The lowest BCUT2D eigenvalue weighted by molar-refractivity contribution is 0.0610. The summed E-state index contributed by atoms with van der Waals surface area (Å²) in [5.41, 5.74) is 1.39. The molecule has 1 atom stereocenters. The summed E-state index contributed by atoms with van der Waals surface area (Å²) in [5.74, 6) is -0.287. The number of aromatic nitrogens is 1. The molecule has 0 spiro atoms. The van der Waals surface area contributed by atoms with E-state index >= 15 is 0 Å². The topological polar surface area (TPSA) is 36.1 Å². The molecule has 1 aliphatic rings. The second-order valence-corrected chi connectivity index (χ2v) is 5.45. The maximum Gasteiger partial charge on any atom is 0.256 e. The van der Waals surface area contributed by atoms with E-state index in [0.717, 1.165) is 31.3 Å². The number of H-pyrrole nitrogens is 1. The highest BCUT2D eigenvalue weighted by atomic mass is 19.1. The van der Waals surface area contributed by atoms with Gasteiger partial charge in [0.1, 0.15) is 5.82 Å². The normalized spacial score (nSPS) is 19.5. The van der Waals surface area contributed by atoms with Gasteiger partial charge in [-0.05, 0) is 43.9 Å². The molecule has 2 heterocycles. The Kier molecular flexibility index (Phi) is 3.47. The molecule has 106 valence electrons. The third kappa shape index (κ3) is 2.19. The predicted molar refractivity (Wildman–Crippen MR) is 77.2 cm³/mol. The molecule has 1 aromatic heterocycles. The van der Waals surface area contributed by atoms with E-state index in [-0.39, 0.29) is 11.7 Å². The average molecular weight is 274 g/mol. The van der Waals surface area contributed by atoms with Gasteiger partial charge in [-0.1, -0.05) is 6.92 Å². The number of nitrogens with zero attached hydrogens (tertiary/aromatic N) is 1. The number of aromatic amines is 1. The summed E-state index contributed by atoms with van der Waals surface area (Å²) < 4.78 is 13.4. The van der Waals surface area contributed by atoms with Crippen LogP contribution in [0.1, 0.15) is 43.0 Å². The highest BCUT2D eigenvalue weighted by Gasteiger charge is 2.27. The van der Waals surface area contributed by atoms with E-state index in [0.29, 0.717) is 17.0 Å². The molecule has 3 nitrogen and oxygen atoms in total. The molecule has 0 radical (unpaired) electrons. The Bertz CT molecular complexity index is 634. The first-order chi connectivity index (χ1) is 9.70. The van der Waals surface area contributed by atoms with Gasteiger partial charge in [0.15, 0.2) is 0 Å². The second kappa shape index (κ2) is 5.27. The number of benzene rings is 1. The van der Waals surface area contributed by atoms with E-state index in [1.54, 1.807) is 12.3 Å². The van der Waals surface area contributed by atoms with Gasteiger partial charge in [0.2, 0.25) is 0 Å². The van der Waals surface area contributed by atoms with Crippen LogP contribution in [-0.4, -0.2) is 28.4 Å². The fourth-order valence-electron chi connectivity index (χ4n) is 3.12. The standard InChI is InChI=1S/C16H19FN2O/c1-2-12-5-3-4-8-19(12)16(20)14-10-18-15-7-6-11(17)9-13(14)15/h6-7,9-10,12,18H,2-5,8H2,1H3. The van der Waals surface area contributed by atoms with E-state index < -0.39 is 0 Å². The van der Waals surface area contributed by atoms with Crippen LogP contribution in [0.2, 0.25) is 0 Å². The van der Waals surface area contributed by atoms with Crippen LogP contribution in [0, 0.1) is 5.82 Å². The number of hydrogen-bond acceptors (Lipinski definition) is 1. The fourth-order valence-corrected chi connectivity index (χ4v) is 3.12. The first kappa shape index (κ1) is 13.2. The van der Waals surface area contributed by atoms with Crippen LogP contribution in [0.25, 0.3) is 10.9 Å². The molecule has 1 N–H and O–H groups in total. The summed E-state index contributed by atoms with van der Waals surface area (Å²) in [4.78, 5) is 17.7. The Balaban J connectivity index is 1.97. The van der Waals surface area contributed by atoms with Crippen molar-refractivity contribution in [2.24, 2.45) is 0 Å². The summed E-state index contributed by atoms with van der Waals surface area (Å²) in [7, 11) is 0. The van der Waals surface area contributed by atoms with Gasteiger partial charge in [-0.3, -0.25) is 4.79 Å². The van der Waals surface area contributed by atoms with Gasteiger partial charge in [0.05, 0.1) is 5.56 Å². The number of halogens is 1. The first-order valence-corrected chi connectivity index (χ1v) is 7.28. The fraction of sp³-hybridized carbons (Fsp3) is 0.438. The summed E-state index contributed by atoms with van der Waals surface area (Å²) in [6, 6.07) is 4.83. The van der Waals surface area contributed by atoms with Gasteiger partial charge in [-0.25, -0.2) is 4.39 Å². The SMILES string of the molecule is CCC1CCCCN1C(=O)c1c[nH]c2ccc(F)cc12. The van der Waals surface area contributed by atoms with Crippen LogP contribution in [-0.2, 0) is 0 Å². The summed E-state index contributed by atoms with van der Waals surface area (Å²) in [6.07, 6.45) is 5.99. The minimum Gasteiger partial charge on any atom is -0.360 e. The number of piperidine rings is 1. The van der Waals surface area contributed by atoms with Crippen LogP contribution >= 0.6 is 0 Å². The maximum atomic E-state index is 13.4. The molecular formula is C16H19FN2O. The minimum absolute atomic E-state index is 0.0217. The molecule has 20 heavy (non-hydrogen) atoms. The average Bonchev–Trinajstić information content (AvgIpc) is 2.89. The highest BCUT2D eigenvalue weighted by Crippen LogP contribution is 2.25. The van der Waals surface area contributed by atoms with Crippen molar-refractivity contribution in [1.29, 1.82) is 0 Å². The molecule has 4 heteroatoms. The van der Waals surface area contributed by atoms with Crippen molar-refractivity contribution in [3.63, 3.8) is 0 Å². The maximum absolute atomic E-state index is 13.4. The predicted octanol–water partition coefficient (Wildman–Crippen LogP) is 3.71. The van der Waals surface area contributed by atoms with Crippen molar-refractivity contribution in [3.05, 3.63) is 35.8 Å². The van der Waals surface area contributed by atoms with Crippen molar-refractivity contribution < 1.29 is 9.18 Å². The molecule has 0 aliphatic carbocycles. The van der Waals surface area contributed by atoms with E-state index in [1.165, 1.54) is 18.6 Å². The summed E-state index contributed by atoms with van der Waals surface area (Å²) >= 11 is 0. The Labute approximate surface area is 117 Å². The Morgan fingerprint density at radius 3 is 3.10 bits per heavy atom. The van der Waals surface area contributed by atoms with Gasteiger partial charge in [-0.15, -0.1) is 0 Å². The molecule has 1 unspecified atom stereocenters. The van der Waals surface area contributed by atoms with Crippen molar-refractivity contribution in [3.8, 4) is 0 Å². The van der Waals surface area contributed by atoms with Crippen LogP contribution in [0.4, 0.5) is 4.39 Å². The van der Waals surface area contributed by atoms with E-state index in [4.69, 9.17) is 0 Å². The Morgan fingerprint density at radius 2 is 2.30 bits per heavy atom. The van der Waals surface area contributed by atoms with Crippen LogP contribution in [0.5, 0.6) is 0 Å². The monoisotopic (exact) mass is 274 g/mol. The molecule has 0 bridgehead atoms. The van der Waals surface area contributed by atoms with Gasteiger partial charge >= 0.3 is 0 Å². The first-order valence-electron chi connectivity index (χ1n) is 7.28. The van der Waals surface area contributed by atoms with Crippen molar-refractivity contribution >= 4 is 16.8 Å². The zero-order valence-corrected chi connectivity index (χ0v) is 11.7. The lowest BCUT2D eigenvalue weighted by Gasteiger charge is -2.35. The third-order valence-corrected chi connectivity index (χ3v) is 4.23. The summed E-state index contributed by atoms with van der Waals surface area (Å²) in [5, 5.41) is 0.676. The van der Waals surface area contributed by atoms with Gasteiger partial charge in [0.25, 0.3) is 5.91 Å². The van der Waals surface area contributed by atoms with Crippen molar-refractivity contribution in [2.45, 2.75) is 38.6 Å². The molecule has 1 amide bonds. The molecule has 1 saturated heterocycles. The lowest BCUT2D eigenvalue weighted by Crippen LogP contribution is -2.43. The summed E-state index contributed by atoms with van der Waals surface area (Å²) in [6.45, 7) is 2.92. The van der Waals surface area contributed by atoms with Crippen LogP contribution in [0.15, 0.2) is 24.4 Å². The lowest BCUT2D eigenvalue weighted by atomic mass is 9.99. The largest absolute Gasteiger partial charge is 0.360 e. The number of likely N-dealkylation sites (tertiary alicyclic amines) is 1. The molecule has 1 fully saturated rings. The smallest absolute Gasteiger partial charge is 0.256 e. The van der Waals surface area contributed by atoms with E-state index in [1.807, 2.05) is 4.90 Å². The molecule has 2 aromatic rings. The second-order valence-electron chi connectivity index (χ2n) is 5.45. The Morgan fingerprint density at radius 1 is 1.45 bits per heavy atom. The third-order valence-electron chi connectivity index (χ3n) is 4.23. The van der Waals surface area contributed by atoms with Crippen molar-refractivity contribution in [1.82, 2.24) is 9.88 Å². The highest BCUT2D eigenvalue weighted by molar-refractivity contribution is 6.06. The van der Waals surface area contributed by atoms with Crippen molar-refractivity contribution in [2.75, 3.05) is 6.54 Å². The Hall–Kier alpha value is -1.84. The zero-order valence-electron chi connectivity index (χ0n) is 11.7. The molecule has 1 aromatic carbocycles. The van der Waals surface area contributed by atoms with E-state index in [2.05, 4.69) is 11.9 Å². The number of fused-ring (bicyclic) bond motifs is 1. The van der Waals surface area contributed by atoms with Gasteiger partial charge in [0, 0.05) is 29.7 Å². The number of rotatable bonds is 2. The number of amides is 1. The molecular weight excluding hydrogens is 255 g/mol. The molecule has 1 aliphatic heterocycles. The number of hydrogen-bond donors (Lipinski definition) is 1. The number of nitrogens with one attached hydrogen (secondary N) is 1. The van der Waals surface area contributed by atoms with Crippen LogP contribution in [0.3, 0.4) is 0 Å². The van der Waals surface area contributed by atoms with E-state index in [9.17, 15) is 9.18 Å². The quantitative estimate of drug-likeness (QED) is 0.890. The molecule has 0 saturated carbocycles. The molecule has 3 rings (SSSR count). The van der Waals surface area contributed by atoms with Crippen LogP contribution < -0.4 is 0 Å².